The molecular weight excluding hydrogens is 258 g/mol. The molecule has 0 aromatic carbocycles. The average Bonchev–Trinajstić information content (AvgIpc) is 2.78. The lowest BCUT2D eigenvalue weighted by atomic mass is 10.2. The van der Waals surface area contributed by atoms with Crippen molar-refractivity contribution in [3.05, 3.63) is 29.7 Å². The number of hydrogen-bond donors (Lipinski definition) is 2. The van der Waals surface area contributed by atoms with Crippen molar-refractivity contribution < 1.29 is 4.79 Å². The third kappa shape index (κ3) is 2.90. The molecule has 2 heterocycles. The van der Waals surface area contributed by atoms with Gasteiger partial charge in [-0.25, -0.2) is 4.98 Å². The molecule has 2 aromatic rings. The number of primary amides is 1. The molecular formula is C12H17N7O. The number of nitrogens with two attached hydrogens (primary N) is 1. The Bertz CT molecular complexity index is 620. The molecule has 0 saturated carbocycles. The maximum Gasteiger partial charge on any atom is 0.268 e. The van der Waals surface area contributed by atoms with E-state index in [2.05, 4.69) is 39.3 Å². The first kappa shape index (κ1) is 13.9. The third-order valence-electron chi connectivity index (χ3n) is 2.83. The van der Waals surface area contributed by atoms with Crippen LogP contribution in [0.15, 0.2) is 12.4 Å². The molecule has 2 rings (SSSR count). The number of rotatable bonds is 5. The molecule has 0 aliphatic carbocycles. The van der Waals surface area contributed by atoms with Gasteiger partial charge in [-0.05, 0) is 0 Å². The van der Waals surface area contributed by atoms with Crippen molar-refractivity contribution in [2.45, 2.75) is 26.3 Å². The van der Waals surface area contributed by atoms with Crippen LogP contribution in [0.25, 0.3) is 0 Å². The fourth-order valence-electron chi connectivity index (χ4n) is 1.77. The molecule has 0 aliphatic rings. The summed E-state index contributed by atoms with van der Waals surface area (Å²) in [5.41, 5.74) is 5.28. The number of hydrogen-bond acceptors (Lipinski definition) is 6. The lowest BCUT2D eigenvalue weighted by molar-refractivity contribution is 0.0995. The van der Waals surface area contributed by atoms with Gasteiger partial charge in [0.2, 0.25) is 0 Å². The molecule has 0 saturated heterocycles. The molecule has 0 aliphatic heterocycles. The Morgan fingerprint density at radius 1 is 1.40 bits per heavy atom. The van der Waals surface area contributed by atoms with E-state index in [1.807, 2.05) is 11.6 Å². The largest absolute Gasteiger partial charge is 0.364 e. The smallest absolute Gasteiger partial charge is 0.268 e. The maximum atomic E-state index is 11.0. The number of carbonyl (C=O) groups excluding carboxylic acids is 1. The highest BCUT2D eigenvalue weighted by Gasteiger charge is 2.11. The zero-order chi connectivity index (χ0) is 14.7. The first-order chi connectivity index (χ1) is 9.49. The summed E-state index contributed by atoms with van der Waals surface area (Å²) in [5, 5.41) is 11.3. The summed E-state index contributed by atoms with van der Waals surface area (Å²) < 4.78 is 1.93. The Morgan fingerprint density at radius 3 is 2.75 bits per heavy atom. The van der Waals surface area contributed by atoms with Crippen LogP contribution in [-0.4, -0.2) is 30.6 Å². The first-order valence-electron chi connectivity index (χ1n) is 6.23. The van der Waals surface area contributed by atoms with Gasteiger partial charge in [-0.2, -0.15) is 0 Å². The molecule has 106 valence electrons. The van der Waals surface area contributed by atoms with Gasteiger partial charge in [0, 0.05) is 13.0 Å². The van der Waals surface area contributed by atoms with Crippen molar-refractivity contribution in [2.24, 2.45) is 12.8 Å². The molecule has 0 radical (unpaired) electrons. The van der Waals surface area contributed by atoms with Gasteiger partial charge in [-0.15, -0.1) is 10.2 Å². The quantitative estimate of drug-likeness (QED) is 0.819. The Labute approximate surface area is 116 Å². The number of anilines is 1. The highest BCUT2D eigenvalue weighted by atomic mass is 16.1. The van der Waals surface area contributed by atoms with Gasteiger partial charge in [0.1, 0.15) is 17.3 Å². The Hall–Kier alpha value is -2.51. The Kier molecular flexibility index (Phi) is 3.92. The van der Waals surface area contributed by atoms with Crippen LogP contribution in [0.4, 0.5) is 5.82 Å². The number of nitrogens with one attached hydrogen (secondary N) is 1. The monoisotopic (exact) mass is 275 g/mol. The van der Waals surface area contributed by atoms with Crippen LogP contribution in [0, 0.1) is 0 Å². The van der Waals surface area contributed by atoms with Crippen molar-refractivity contribution >= 4 is 11.7 Å². The van der Waals surface area contributed by atoms with E-state index in [1.54, 1.807) is 0 Å². The maximum absolute atomic E-state index is 11.0. The van der Waals surface area contributed by atoms with Crippen molar-refractivity contribution in [3.63, 3.8) is 0 Å². The number of carbonyl (C=O) groups is 1. The van der Waals surface area contributed by atoms with Crippen LogP contribution in [0.1, 0.15) is 41.9 Å². The highest BCUT2D eigenvalue weighted by Crippen LogP contribution is 2.12. The second-order valence-electron chi connectivity index (χ2n) is 4.70. The zero-order valence-electron chi connectivity index (χ0n) is 11.7. The molecule has 0 atom stereocenters. The van der Waals surface area contributed by atoms with E-state index in [4.69, 9.17) is 5.73 Å². The van der Waals surface area contributed by atoms with Gasteiger partial charge in [0.25, 0.3) is 5.91 Å². The fourth-order valence-corrected chi connectivity index (χ4v) is 1.77. The predicted octanol–water partition coefficient (Wildman–Crippen LogP) is 0.439. The molecule has 1 amide bonds. The van der Waals surface area contributed by atoms with Crippen LogP contribution < -0.4 is 11.1 Å². The summed E-state index contributed by atoms with van der Waals surface area (Å²) in [5.74, 6) is 1.86. The van der Waals surface area contributed by atoms with Gasteiger partial charge < -0.3 is 15.6 Å². The van der Waals surface area contributed by atoms with Crippen molar-refractivity contribution in [2.75, 3.05) is 5.32 Å². The molecule has 0 fully saturated rings. The Balaban J connectivity index is 2.09. The molecule has 3 N–H and O–H groups in total. The van der Waals surface area contributed by atoms with Gasteiger partial charge in [0.15, 0.2) is 5.82 Å². The van der Waals surface area contributed by atoms with E-state index in [1.165, 1.54) is 12.4 Å². The highest BCUT2D eigenvalue weighted by molar-refractivity contribution is 5.90. The van der Waals surface area contributed by atoms with E-state index >= 15 is 0 Å². The van der Waals surface area contributed by atoms with Crippen molar-refractivity contribution in [1.82, 2.24) is 24.7 Å². The topological polar surface area (TPSA) is 112 Å². The predicted molar refractivity (Wildman–Crippen MR) is 73.0 cm³/mol. The van der Waals surface area contributed by atoms with Gasteiger partial charge in [-0.3, -0.25) is 9.78 Å². The van der Waals surface area contributed by atoms with Gasteiger partial charge in [-0.1, -0.05) is 13.8 Å². The second kappa shape index (κ2) is 5.64. The van der Waals surface area contributed by atoms with Crippen LogP contribution >= 0.6 is 0 Å². The number of nitrogens with zero attached hydrogens (tertiary/aromatic N) is 5. The minimum Gasteiger partial charge on any atom is -0.364 e. The molecule has 8 nitrogen and oxygen atoms in total. The van der Waals surface area contributed by atoms with E-state index in [9.17, 15) is 4.79 Å². The van der Waals surface area contributed by atoms with Gasteiger partial charge in [0.05, 0.1) is 18.9 Å². The third-order valence-corrected chi connectivity index (χ3v) is 2.83. The van der Waals surface area contributed by atoms with Crippen LogP contribution in [0.3, 0.4) is 0 Å². The molecule has 0 bridgehead atoms. The van der Waals surface area contributed by atoms with E-state index in [0.29, 0.717) is 18.3 Å². The van der Waals surface area contributed by atoms with E-state index < -0.39 is 5.91 Å². The summed E-state index contributed by atoms with van der Waals surface area (Å²) >= 11 is 0. The molecule has 2 aromatic heterocycles. The summed E-state index contributed by atoms with van der Waals surface area (Å²) in [6.45, 7) is 4.55. The lowest BCUT2D eigenvalue weighted by Gasteiger charge is -2.07. The van der Waals surface area contributed by atoms with Gasteiger partial charge >= 0.3 is 0 Å². The van der Waals surface area contributed by atoms with Crippen LogP contribution in [0.2, 0.25) is 0 Å². The minimum absolute atomic E-state index is 0.121. The standard InChI is InChI=1S/C12H17N7O/c1-7(2)12-18-17-10(19(12)3)6-15-9-5-14-4-8(16-9)11(13)20/h4-5,7H,6H2,1-3H3,(H2,13,20)(H,15,16). The van der Waals surface area contributed by atoms with Crippen LogP contribution in [-0.2, 0) is 13.6 Å². The SMILES string of the molecule is CC(C)c1nnc(CNc2cncc(C(N)=O)n2)n1C. The number of amides is 1. The minimum atomic E-state index is -0.609. The zero-order valence-corrected chi connectivity index (χ0v) is 11.7. The summed E-state index contributed by atoms with van der Waals surface area (Å²) in [6.07, 6.45) is 2.85. The first-order valence-corrected chi connectivity index (χ1v) is 6.23. The summed E-state index contributed by atoms with van der Waals surface area (Å²) in [6, 6.07) is 0. The fraction of sp³-hybridized carbons (Fsp3) is 0.417. The summed E-state index contributed by atoms with van der Waals surface area (Å²) in [4.78, 5) is 19.0. The summed E-state index contributed by atoms with van der Waals surface area (Å²) in [7, 11) is 1.91. The average molecular weight is 275 g/mol. The molecule has 20 heavy (non-hydrogen) atoms. The molecule has 0 unspecified atom stereocenters. The van der Waals surface area contributed by atoms with E-state index in [-0.39, 0.29) is 5.69 Å². The van der Waals surface area contributed by atoms with Crippen molar-refractivity contribution in [1.29, 1.82) is 0 Å². The Morgan fingerprint density at radius 2 is 2.15 bits per heavy atom. The number of aromatic nitrogens is 5. The molecule has 0 spiro atoms. The van der Waals surface area contributed by atoms with Crippen molar-refractivity contribution in [3.8, 4) is 0 Å². The van der Waals surface area contributed by atoms with Crippen LogP contribution in [0.5, 0.6) is 0 Å². The van der Waals surface area contributed by atoms with E-state index in [0.717, 1.165) is 11.6 Å². The molecule has 8 heteroatoms. The normalized spacial score (nSPS) is 10.8. The lowest BCUT2D eigenvalue weighted by Crippen LogP contribution is -2.15. The second-order valence-corrected chi connectivity index (χ2v) is 4.70.